The molecule has 10 aromatic rings. The van der Waals surface area contributed by atoms with E-state index in [1.54, 1.807) is 0 Å². The van der Waals surface area contributed by atoms with Crippen molar-refractivity contribution in [1.29, 1.82) is 0 Å². The van der Waals surface area contributed by atoms with E-state index in [0.717, 1.165) is 24.0 Å². The highest BCUT2D eigenvalue weighted by molar-refractivity contribution is 7.79. The smallest absolute Gasteiger partial charge is 0.0792 e. The van der Waals surface area contributed by atoms with Crippen molar-refractivity contribution in [3.05, 3.63) is 121 Å². The van der Waals surface area contributed by atoms with Crippen LogP contribution in [0.2, 0.25) is 0 Å². The lowest BCUT2D eigenvalue weighted by Gasteiger charge is -2.16. The molecule has 1 N–H and O–H groups in total. The minimum absolute atomic E-state index is 0.0246. The molecule has 5 heterocycles. The monoisotopic (exact) mass is 596 g/mol. The molecule has 4 aromatic heterocycles. The number of hydrogen-bond acceptors (Lipinski definition) is 2. The molecular formula is C40H28N4S. The second-order valence-corrected chi connectivity index (χ2v) is 13.1. The molecule has 1 saturated heterocycles. The lowest BCUT2D eigenvalue weighted by atomic mass is 9.90. The van der Waals surface area contributed by atoms with Crippen LogP contribution in [-0.2, 0) is 5.54 Å². The van der Waals surface area contributed by atoms with Gasteiger partial charge < -0.3 is 14.3 Å². The van der Waals surface area contributed by atoms with E-state index in [4.69, 9.17) is 12.8 Å². The average molecular weight is 597 g/mol. The highest BCUT2D eigenvalue weighted by atomic mass is 32.1. The average Bonchev–Trinajstić information content (AvgIpc) is 3.64. The van der Waals surface area contributed by atoms with E-state index in [1.807, 2.05) is 0 Å². The third kappa shape index (κ3) is 2.81. The highest BCUT2D eigenvalue weighted by Gasteiger charge is 2.44. The van der Waals surface area contributed by atoms with E-state index in [0.29, 0.717) is 0 Å². The molecule has 6 aromatic carbocycles. The summed E-state index contributed by atoms with van der Waals surface area (Å²) in [6, 6.07) is 42.6. The van der Waals surface area contributed by atoms with Crippen LogP contribution in [0.4, 0.5) is 0 Å². The van der Waals surface area contributed by atoms with Crippen molar-refractivity contribution >= 4 is 94.5 Å². The predicted octanol–water partition coefficient (Wildman–Crippen LogP) is 9.94. The minimum atomic E-state index is -0.0246. The van der Waals surface area contributed by atoms with Gasteiger partial charge in [0, 0.05) is 49.9 Å². The van der Waals surface area contributed by atoms with Crippen LogP contribution >= 0.6 is 12.8 Å². The van der Waals surface area contributed by atoms with Crippen molar-refractivity contribution < 1.29 is 0 Å². The summed E-state index contributed by atoms with van der Waals surface area (Å²) in [7, 11) is 0. The van der Waals surface area contributed by atoms with Crippen LogP contribution in [0.3, 0.4) is 0 Å². The van der Waals surface area contributed by atoms with Crippen LogP contribution in [-0.4, -0.2) is 19.5 Å². The summed E-state index contributed by atoms with van der Waals surface area (Å²) in [5.41, 5.74) is 11.1. The van der Waals surface area contributed by atoms with E-state index in [-0.39, 0.29) is 5.54 Å². The second kappa shape index (κ2) is 8.19. The van der Waals surface area contributed by atoms with Gasteiger partial charge in [0.1, 0.15) is 0 Å². The number of para-hydroxylation sites is 3. The Kier molecular flexibility index (Phi) is 4.43. The Morgan fingerprint density at radius 3 is 2.02 bits per heavy atom. The minimum Gasteiger partial charge on any atom is -0.307 e. The molecule has 0 saturated carbocycles. The maximum absolute atomic E-state index is 5.03. The summed E-state index contributed by atoms with van der Waals surface area (Å²) in [5, 5.41) is 14.1. The molecule has 1 fully saturated rings. The fraction of sp³-hybridized carbons (Fsp3) is 0.100. The van der Waals surface area contributed by atoms with E-state index in [2.05, 4.69) is 140 Å². The summed E-state index contributed by atoms with van der Waals surface area (Å²) in [6.45, 7) is 3.32. The van der Waals surface area contributed by atoms with Crippen molar-refractivity contribution in [2.75, 3.05) is 6.54 Å². The highest BCUT2D eigenvalue weighted by Crippen LogP contribution is 2.50. The topological polar surface area (TPSA) is 36.2 Å². The van der Waals surface area contributed by atoms with Gasteiger partial charge in [-0.2, -0.15) is 0 Å². The molecular weight excluding hydrogens is 569 g/mol. The van der Waals surface area contributed by atoms with Crippen molar-refractivity contribution in [2.45, 2.75) is 18.9 Å². The SMILES string of the molecule is CCC1(c2cc3c4cccc5c6cccc7c6c6c(cccc6n(c54)c3c3c2c2ccccc2n3-c2ccccc2)n7S)CN1. The molecule has 0 spiro atoms. The van der Waals surface area contributed by atoms with Gasteiger partial charge in [-0.15, -0.1) is 0 Å². The van der Waals surface area contributed by atoms with Crippen LogP contribution in [0.25, 0.3) is 87.4 Å². The zero-order chi connectivity index (χ0) is 29.6. The van der Waals surface area contributed by atoms with Gasteiger partial charge in [-0.25, -0.2) is 0 Å². The Labute approximate surface area is 263 Å². The molecule has 1 unspecified atom stereocenters. The molecule has 5 heteroatoms. The lowest BCUT2D eigenvalue weighted by Crippen LogP contribution is -2.12. The number of nitrogens with zero attached hydrogens (tertiary/aromatic N) is 3. The van der Waals surface area contributed by atoms with Gasteiger partial charge in [-0.3, -0.25) is 3.97 Å². The van der Waals surface area contributed by atoms with Gasteiger partial charge in [-0.05, 0) is 59.8 Å². The number of benzene rings is 6. The van der Waals surface area contributed by atoms with Crippen LogP contribution in [0, 0.1) is 0 Å². The van der Waals surface area contributed by atoms with Crippen molar-refractivity contribution in [3.63, 3.8) is 0 Å². The number of hydrogen-bond donors (Lipinski definition) is 2. The first-order chi connectivity index (χ1) is 22.2. The second-order valence-electron chi connectivity index (χ2n) is 12.7. The van der Waals surface area contributed by atoms with Crippen molar-refractivity contribution in [2.24, 2.45) is 0 Å². The first kappa shape index (κ1) is 24.4. The number of rotatable bonds is 3. The molecule has 1 aliphatic rings. The van der Waals surface area contributed by atoms with Gasteiger partial charge in [-0.1, -0.05) is 92.5 Å². The zero-order valence-corrected chi connectivity index (χ0v) is 25.6. The molecule has 0 bridgehead atoms. The van der Waals surface area contributed by atoms with Crippen LogP contribution in [0.15, 0.2) is 115 Å². The normalized spacial score (nSPS) is 17.1. The summed E-state index contributed by atoms with van der Waals surface area (Å²) in [5.74, 6) is 0. The first-order valence-electron chi connectivity index (χ1n) is 15.8. The van der Waals surface area contributed by atoms with Crippen LogP contribution < -0.4 is 5.32 Å². The standard InChI is InChI=1S/C40H28N4S/c1-2-40(22-41-40)29-21-28-26-16-8-15-25-24-14-9-19-32-35(24)36-31(18-10-20-33(36)44(32)45)43(37(25)26)38(28)39-34(29)27-13-6-7-17-30(27)42(39)23-11-4-3-5-12-23/h3-21,41,45H,2,22H2,1H3. The molecule has 1 aliphatic heterocycles. The largest absolute Gasteiger partial charge is 0.307 e. The fourth-order valence-electron chi connectivity index (χ4n) is 8.59. The van der Waals surface area contributed by atoms with E-state index < -0.39 is 0 Å². The summed E-state index contributed by atoms with van der Waals surface area (Å²) in [6.07, 6.45) is 1.04. The fourth-order valence-corrected chi connectivity index (χ4v) is 8.93. The Hall–Kier alpha value is -4.97. The van der Waals surface area contributed by atoms with Crippen LogP contribution in [0.1, 0.15) is 18.9 Å². The number of aromatic nitrogens is 3. The molecule has 45 heavy (non-hydrogen) atoms. The van der Waals surface area contributed by atoms with Gasteiger partial charge in [0.05, 0.1) is 44.2 Å². The number of nitrogens with one attached hydrogen (secondary N) is 1. The molecule has 0 aliphatic carbocycles. The molecule has 0 amide bonds. The lowest BCUT2D eigenvalue weighted by molar-refractivity contribution is 0.654. The summed E-state index contributed by atoms with van der Waals surface area (Å²) >= 11 is 5.03. The molecule has 0 radical (unpaired) electrons. The quantitative estimate of drug-likeness (QED) is 0.155. The Balaban J connectivity index is 1.55. The van der Waals surface area contributed by atoms with E-state index >= 15 is 0 Å². The number of thiol groups is 1. The summed E-state index contributed by atoms with van der Waals surface area (Å²) in [4.78, 5) is 0. The molecule has 4 nitrogen and oxygen atoms in total. The molecule has 1 atom stereocenters. The van der Waals surface area contributed by atoms with E-state index in [1.165, 1.54) is 81.9 Å². The van der Waals surface area contributed by atoms with Gasteiger partial charge in [0.2, 0.25) is 0 Å². The molecule has 11 rings (SSSR count). The summed E-state index contributed by atoms with van der Waals surface area (Å²) < 4.78 is 7.16. The Bertz CT molecular complexity index is 2870. The predicted molar refractivity (Wildman–Crippen MR) is 193 cm³/mol. The van der Waals surface area contributed by atoms with Crippen molar-refractivity contribution in [1.82, 2.24) is 18.3 Å². The molecule has 214 valence electrons. The zero-order valence-electron chi connectivity index (χ0n) is 24.7. The van der Waals surface area contributed by atoms with E-state index in [9.17, 15) is 0 Å². The van der Waals surface area contributed by atoms with Crippen molar-refractivity contribution in [3.8, 4) is 5.69 Å². The third-order valence-electron chi connectivity index (χ3n) is 10.7. The Morgan fingerprint density at radius 2 is 1.22 bits per heavy atom. The maximum Gasteiger partial charge on any atom is 0.0792 e. The Morgan fingerprint density at radius 1 is 0.600 bits per heavy atom. The van der Waals surface area contributed by atoms with Crippen LogP contribution in [0.5, 0.6) is 0 Å². The third-order valence-corrected chi connectivity index (χ3v) is 11.2. The van der Waals surface area contributed by atoms with Gasteiger partial charge in [0.25, 0.3) is 0 Å². The first-order valence-corrected chi connectivity index (χ1v) is 16.2. The number of fused-ring (bicyclic) bond motifs is 9. The maximum atomic E-state index is 5.03. The van der Waals surface area contributed by atoms with Gasteiger partial charge >= 0.3 is 0 Å². The van der Waals surface area contributed by atoms with Gasteiger partial charge in [0.15, 0.2) is 0 Å².